The van der Waals surface area contributed by atoms with Crippen LogP contribution in [0.4, 0.5) is 5.69 Å². The Morgan fingerprint density at radius 1 is 1.23 bits per heavy atom. The van der Waals surface area contributed by atoms with Gasteiger partial charge >= 0.3 is 0 Å². The van der Waals surface area contributed by atoms with Crippen molar-refractivity contribution in [3.63, 3.8) is 0 Å². The molecule has 3 nitrogen and oxygen atoms in total. The van der Waals surface area contributed by atoms with Gasteiger partial charge in [0.1, 0.15) is 5.75 Å². The van der Waals surface area contributed by atoms with Crippen LogP contribution in [0.25, 0.3) is 0 Å². The molecule has 1 N–H and O–H groups in total. The van der Waals surface area contributed by atoms with E-state index in [4.69, 9.17) is 4.74 Å². The summed E-state index contributed by atoms with van der Waals surface area (Å²) in [5, 5.41) is 2.74. The SMILES string of the molecule is COc1ccc(C)cc1NC(=O)[C@@H](C)Sc1ccc(Br)cc1. The van der Waals surface area contributed by atoms with Gasteiger partial charge < -0.3 is 10.1 Å². The summed E-state index contributed by atoms with van der Waals surface area (Å²) in [6.45, 7) is 3.87. The summed E-state index contributed by atoms with van der Waals surface area (Å²) in [5.74, 6) is 0.622. The van der Waals surface area contributed by atoms with Crippen LogP contribution < -0.4 is 10.1 Å². The molecule has 0 aromatic heterocycles. The Bertz CT molecular complexity index is 658. The number of hydrogen-bond donors (Lipinski definition) is 1. The molecule has 1 atom stereocenters. The zero-order valence-corrected chi connectivity index (χ0v) is 15.1. The maximum absolute atomic E-state index is 12.4. The second kappa shape index (κ2) is 7.70. The highest BCUT2D eigenvalue weighted by atomic mass is 79.9. The molecule has 0 aliphatic heterocycles. The second-order valence-electron chi connectivity index (χ2n) is 4.91. The van der Waals surface area contributed by atoms with Crippen molar-refractivity contribution in [1.82, 2.24) is 0 Å². The molecule has 1 amide bonds. The fourth-order valence-electron chi connectivity index (χ4n) is 1.92. The smallest absolute Gasteiger partial charge is 0.237 e. The molecule has 0 radical (unpaired) electrons. The molecule has 0 unspecified atom stereocenters. The van der Waals surface area contributed by atoms with E-state index in [1.165, 1.54) is 11.8 Å². The Balaban J connectivity index is 2.05. The van der Waals surface area contributed by atoms with Gasteiger partial charge in [-0.05, 0) is 55.8 Å². The number of ether oxygens (including phenoxy) is 1. The van der Waals surface area contributed by atoms with E-state index in [1.54, 1.807) is 7.11 Å². The van der Waals surface area contributed by atoms with E-state index in [0.717, 1.165) is 14.9 Å². The highest BCUT2D eigenvalue weighted by molar-refractivity contribution is 9.10. The quantitative estimate of drug-likeness (QED) is 0.751. The minimum atomic E-state index is -0.202. The summed E-state index contributed by atoms with van der Waals surface area (Å²) in [7, 11) is 1.60. The van der Waals surface area contributed by atoms with Crippen LogP contribution in [0.3, 0.4) is 0 Å². The van der Waals surface area contributed by atoms with E-state index in [1.807, 2.05) is 56.3 Å². The molecule has 2 aromatic rings. The molecule has 5 heteroatoms. The molecule has 2 aromatic carbocycles. The minimum absolute atomic E-state index is 0.0446. The Labute approximate surface area is 143 Å². The second-order valence-corrected chi connectivity index (χ2v) is 7.24. The van der Waals surface area contributed by atoms with Gasteiger partial charge in [0.15, 0.2) is 0 Å². The number of thioether (sulfide) groups is 1. The van der Waals surface area contributed by atoms with Crippen LogP contribution in [0.2, 0.25) is 0 Å². The molecular weight excluding hydrogens is 362 g/mol. The van der Waals surface area contributed by atoms with Crippen LogP contribution in [0.5, 0.6) is 5.75 Å². The van der Waals surface area contributed by atoms with E-state index in [9.17, 15) is 4.79 Å². The van der Waals surface area contributed by atoms with Gasteiger partial charge in [-0.1, -0.05) is 22.0 Å². The third-order valence-electron chi connectivity index (χ3n) is 3.11. The van der Waals surface area contributed by atoms with Crippen molar-refractivity contribution in [2.24, 2.45) is 0 Å². The van der Waals surface area contributed by atoms with E-state index in [2.05, 4.69) is 21.2 Å². The molecule has 2 rings (SSSR count). The number of amides is 1. The van der Waals surface area contributed by atoms with Gasteiger partial charge in [-0.2, -0.15) is 0 Å². The molecule has 0 heterocycles. The fourth-order valence-corrected chi connectivity index (χ4v) is 3.06. The first-order valence-electron chi connectivity index (χ1n) is 6.87. The van der Waals surface area contributed by atoms with E-state index >= 15 is 0 Å². The van der Waals surface area contributed by atoms with Gasteiger partial charge in [0.05, 0.1) is 18.0 Å². The van der Waals surface area contributed by atoms with Crippen LogP contribution in [-0.2, 0) is 4.79 Å². The minimum Gasteiger partial charge on any atom is -0.495 e. The van der Waals surface area contributed by atoms with Gasteiger partial charge in [-0.3, -0.25) is 4.79 Å². The van der Waals surface area contributed by atoms with Crippen molar-refractivity contribution in [2.45, 2.75) is 24.0 Å². The maximum atomic E-state index is 12.4. The summed E-state index contributed by atoms with van der Waals surface area (Å²) in [6, 6.07) is 13.6. The van der Waals surface area contributed by atoms with Crippen molar-refractivity contribution in [2.75, 3.05) is 12.4 Å². The Morgan fingerprint density at radius 3 is 2.55 bits per heavy atom. The number of halogens is 1. The molecule has 0 saturated heterocycles. The maximum Gasteiger partial charge on any atom is 0.237 e. The first kappa shape index (κ1) is 16.9. The molecule has 0 spiro atoms. The van der Waals surface area contributed by atoms with Crippen molar-refractivity contribution in [3.05, 3.63) is 52.5 Å². The highest BCUT2D eigenvalue weighted by Crippen LogP contribution is 2.28. The Hall–Kier alpha value is -1.46. The summed E-state index contributed by atoms with van der Waals surface area (Å²) >= 11 is 4.93. The van der Waals surface area contributed by atoms with Gasteiger partial charge in [-0.25, -0.2) is 0 Å². The predicted molar refractivity (Wildman–Crippen MR) is 95.8 cm³/mol. The summed E-state index contributed by atoms with van der Waals surface area (Å²) in [4.78, 5) is 13.4. The molecule has 22 heavy (non-hydrogen) atoms. The average molecular weight is 380 g/mol. The lowest BCUT2D eigenvalue weighted by Crippen LogP contribution is -2.22. The zero-order valence-electron chi connectivity index (χ0n) is 12.7. The number of hydrogen-bond acceptors (Lipinski definition) is 3. The number of carbonyl (C=O) groups excluding carboxylic acids is 1. The normalized spacial score (nSPS) is 11.8. The standard InChI is InChI=1S/C17H18BrNO2S/c1-11-4-9-16(21-3)15(10-11)19-17(20)12(2)22-14-7-5-13(18)6-8-14/h4-10,12H,1-3H3,(H,19,20)/t12-/m1/s1. The van der Waals surface area contributed by atoms with Gasteiger partial charge in [0, 0.05) is 9.37 Å². The summed E-state index contributed by atoms with van der Waals surface area (Å²) in [5.41, 5.74) is 1.78. The van der Waals surface area contributed by atoms with Crippen LogP contribution >= 0.6 is 27.7 Å². The van der Waals surface area contributed by atoms with Crippen molar-refractivity contribution in [1.29, 1.82) is 0 Å². The number of nitrogens with one attached hydrogen (secondary N) is 1. The predicted octanol–water partition coefficient (Wildman–Crippen LogP) is 4.89. The third-order valence-corrected chi connectivity index (χ3v) is 4.75. The lowest BCUT2D eigenvalue weighted by molar-refractivity contribution is -0.115. The van der Waals surface area contributed by atoms with Crippen LogP contribution in [-0.4, -0.2) is 18.3 Å². The first-order chi connectivity index (χ1) is 10.5. The average Bonchev–Trinajstić information content (AvgIpc) is 2.49. The van der Waals surface area contributed by atoms with Gasteiger partial charge in [0.2, 0.25) is 5.91 Å². The van der Waals surface area contributed by atoms with E-state index in [-0.39, 0.29) is 11.2 Å². The monoisotopic (exact) mass is 379 g/mol. The highest BCUT2D eigenvalue weighted by Gasteiger charge is 2.16. The van der Waals surface area contributed by atoms with Crippen molar-refractivity contribution < 1.29 is 9.53 Å². The van der Waals surface area contributed by atoms with Gasteiger partial charge in [-0.15, -0.1) is 11.8 Å². The third kappa shape index (κ3) is 4.52. The van der Waals surface area contributed by atoms with E-state index in [0.29, 0.717) is 11.4 Å². The van der Waals surface area contributed by atoms with Crippen LogP contribution in [0.15, 0.2) is 51.8 Å². The molecular formula is C17H18BrNO2S. The molecule has 0 aliphatic rings. The van der Waals surface area contributed by atoms with Gasteiger partial charge in [0.25, 0.3) is 0 Å². The molecule has 0 bridgehead atoms. The largest absolute Gasteiger partial charge is 0.495 e. The van der Waals surface area contributed by atoms with Crippen molar-refractivity contribution in [3.8, 4) is 5.75 Å². The Morgan fingerprint density at radius 2 is 1.91 bits per heavy atom. The molecule has 0 aliphatic carbocycles. The molecule has 0 fully saturated rings. The number of anilines is 1. The van der Waals surface area contributed by atoms with Crippen LogP contribution in [0, 0.1) is 6.92 Å². The number of benzene rings is 2. The van der Waals surface area contributed by atoms with Crippen molar-refractivity contribution >= 4 is 39.3 Å². The lowest BCUT2D eigenvalue weighted by atomic mass is 10.2. The lowest BCUT2D eigenvalue weighted by Gasteiger charge is -2.15. The summed E-state index contributed by atoms with van der Waals surface area (Å²) < 4.78 is 6.31. The number of methoxy groups -OCH3 is 1. The topological polar surface area (TPSA) is 38.3 Å². The van der Waals surface area contributed by atoms with E-state index < -0.39 is 0 Å². The Kier molecular flexibility index (Phi) is 5.91. The first-order valence-corrected chi connectivity index (χ1v) is 8.54. The molecule has 0 saturated carbocycles. The number of rotatable bonds is 5. The number of carbonyl (C=O) groups is 1. The summed E-state index contributed by atoms with van der Waals surface area (Å²) in [6.07, 6.45) is 0. The number of aryl methyl sites for hydroxylation is 1. The van der Waals surface area contributed by atoms with Crippen LogP contribution in [0.1, 0.15) is 12.5 Å². The zero-order chi connectivity index (χ0) is 16.1. The fraction of sp³-hybridized carbons (Fsp3) is 0.235. The molecule has 116 valence electrons.